The molecule has 1 atom stereocenters. The first-order chi connectivity index (χ1) is 6.73. The predicted molar refractivity (Wildman–Crippen MR) is 54.1 cm³/mol. The molecule has 14 heavy (non-hydrogen) atoms. The van der Waals surface area contributed by atoms with Gasteiger partial charge in [0.05, 0.1) is 0 Å². The second kappa shape index (κ2) is 3.60. The predicted octanol–water partition coefficient (Wildman–Crippen LogP) is 3.48. The molecule has 0 aliphatic carbocycles. The van der Waals surface area contributed by atoms with Crippen LogP contribution >= 0.6 is 0 Å². The minimum absolute atomic E-state index is 0.484. The van der Waals surface area contributed by atoms with E-state index < -0.39 is 5.85 Å². The van der Waals surface area contributed by atoms with Crippen LogP contribution in [0.4, 0.5) is 4.39 Å². The second-order valence-corrected chi connectivity index (χ2v) is 3.84. The summed E-state index contributed by atoms with van der Waals surface area (Å²) in [5.74, 6) is -0.710. The van der Waals surface area contributed by atoms with Crippen molar-refractivity contribution >= 4 is 0 Å². The van der Waals surface area contributed by atoms with Crippen LogP contribution in [-0.2, 0) is 6.42 Å². The summed E-state index contributed by atoms with van der Waals surface area (Å²) in [6, 6.07) is 7.70. The molecule has 0 amide bonds. The number of halogens is 1. The highest BCUT2D eigenvalue weighted by Crippen LogP contribution is 2.36. The Morgan fingerprint density at radius 3 is 3.00 bits per heavy atom. The monoisotopic (exact) mass is 194 g/mol. The Labute approximate surface area is 83.9 Å². The maximum Gasteiger partial charge on any atom is 0.248 e. The molecule has 1 unspecified atom stereocenters. The molecule has 0 fully saturated rings. The molecule has 1 aliphatic heterocycles. The van der Waals surface area contributed by atoms with Crippen LogP contribution in [-0.4, -0.2) is 5.85 Å². The molecule has 1 heterocycles. The van der Waals surface area contributed by atoms with Crippen LogP contribution in [0.1, 0.15) is 31.7 Å². The van der Waals surface area contributed by atoms with Gasteiger partial charge in [0.1, 0.15) is 5.75 Å². The fraction of sp³-hybridized carbons (Fsp3) is 0.500. The molecule has 0 saturated carbocycles. The molecule has 0 saturated heterocycles. The van der Waals surface area contributed by atoms with E-state index in [2.05, 4.69) is 0 Å². The van der Waals surface area contributed by atoms with Crippen LogP contribution in [0.3, 0.4) is 0 Å². The molecule has 0 aromatic heterocycles. The number of hydrogen-bond acceptors (Lipinski definition) is 1. The average molecular weight is 194 g/mol. The molecule has 2 heteroatoms. The fourth-order valence-corrected chi connectivity index (χ4v) is 1.93. The van der Waals surface area contributed by atoms with Crippen LogP contribution in [0.2, 0.25) is 0 Å². The van der Waals surface area contributed by atoms with E-state index in [0.29, 0.717) is 12.8 Å². The number of para-hydroxylation sites is 1. The lowest BCUT2D eigenvalue weighted by Crippen LogP contribution is -2.34. The van der Waals surface area contributed by atoms with Crippen molar-refractivity contribution in [3.63, 3.8) is 0 Å². The molecule has 1 aromatic carbocycles. The highest BCUT2D eigenvalue weighted by Gasteiger charge is 2.34. The normalized spacial score (nSPS) is 25.3. The Bertz CT molecular complexity index is 324. The van der Waals surface area contributed by atoms with E-state index in [4.69, 9.17) is 4.74 Å². The van der Waals surface area contributed by atoms with Crippen LogP contribution < -0.4 is 4.74 Å². The van der Waals surface area contributed by atoms with E-state index in [1.165, 1.54) is 0 Å². The Hall–Kier alpha value is -1.05. The van der Waals surface area contributed by atoms with Crippen LogP contribution in [0.15, 0.2) is 24.3 Å². The lowest BCUT2D eigenvalue weighted by Gasteiger charge is -2.31. The highest BCUT2D eigenvalue weighted by molar-refractivity contribution is 5.35. The first kappa shape index (κ1) is 9.50. The Balaban J connectivity index is 2.20. The molecule has 76 valence electrons. The molecule has 0 spiro atoms. The van der Waals surface area contributed by atoms with Gasteiger partial charge in [-0.2, -0.15) is 4.39 Å². The number of alkyl halides is 1. The molecule has 0 bridgehead atoms. The smallest absolute Gasteiger partial charge is 0.248 e. The highest BCUT2D eigenvalue weighted by atomic mass is 19.2. The Morgan fingerprint density at radius 2 is 2.21 bits per heavy atom. The molecule has 2 rings (SSSR count). The average Bonchev–Trinajstić information content (AvgIpc) is 2.17. The molecule has 1 nitrogen and oxygen atoms in total. The van der Waals surface area contributed by atoms with Gasteiger partial charge < -0.3 is 4.74 Å². The summed E-state index contributed by atoms with van der Waals surface area (Å²) in [5, 5.41) is 0. The maximum absolute atomic E-state index is 14.0. The summed E-state index contributed by atoms with van der Waals surface area (Å²) in [4.78, 5) is 0. The standard InChI is InChI=1S/C12H15FO/c1-2-8-12(13)9-7-10-5-3-4-6-11(10)14-12/h3-6H,2,7-9H2,1H3. The second-order valence-electron chi connectivity index (χ2n) is 3.84. The number of hydrogen-bond donors (Lipinski definition) is 0. The summed E-state index contributed by atoms with van der Waals surface area (Å²) >= 11 is 0. The maximum atomic E-state index is 14.0. The van der Waals surface area contributed by atoms with Crippen molar-refractivity contribution in [2.45, 2.75) is 38.5 Å². The van der Waals surface area contributed by atoms with E-state index in [9.17, 15) is 4.39 Å². The minimum Gasteiger partial charge on any atom is -0.458 e. The fourth-order valence-electron chi connectivity index (χ4n) is 1.93. The van der Waals surface area contributed by atoms with E-state index in [-0.39, 0.29) is 0 Å². The third-order valence-corrected chi connectivity index (χ3v) is 2.66. The van der Waals surface area contributed by atoms with Gasteiger partial charge in [-0.05, 0) is 24.5 Å². The molecule has 1 aromatic rings. The van der Waals surface area contributed by atoms with Gasteiger partial charge in [0, 0.05) is 12.8 Å². The number of ether oxygens (including phenoxy) is 1. The first-order valence-electron chi connectivity index (χ1n) is 5.19. The third-order valence-electron chi connectivity index (χ3n) is 2.66. The minimum atomic E-state index is -1.43. The Morgan fingerprint density at radius 1 is 1.43 bits per heavy atom. The third kappa shape index (κ3) is 1.74. The topological polar surface area (TPSA) is 9.23 Å². The van der Waals surface area contributed by atoms with Crippen LogP contribution in [0.25, 0.3) is 0 Å². The molecule has 0 radical (unpaired) electrons. The molecule has 1 aliphatic rings. The first-order valence-corrected chi connectivity index (χ1v) is 5.19. The molecular formula is C12H15FO. The van der Waals surface area contributed by atoms with Crippen molar-refractivity contribution in [2.75, 3.05) is 0 Å². The van der Waals surface area contributed by atoms with E-state index >= 15 is 0 Å². The lowest BCUT2D eigenvalue weighted by atomic mass is 9.98. The summed E-state index contributed by atoms with van der Waals surface area (Å²) in [6.45, 7) is 1.98. The zero-order chi connectivity index (χ0) is 10.0. The van der Waals surface area contributed by atoms with Crippen molar-refractivity contribution in [1.82, 2.24) is 0 Å². The van der Waals surface area contributed by atoms with Gasteiger partial charge in [0.15, 0.2) is 0 Å². The van der Waals surface area contributed by atoms with Crippen molar-refractivity contribution in [3.05, 3.63) is 29.8 Å². The lowest BCUT2D eigenvalue weighted by molar-refractivity contribution is -0.0849. The zero-order valence-electron chi connectivity index (χ0n) is 8.42. The number of rotatable bonds is 2. The van der Waals surface area contributed by atoms with E-state index in [0.717, 1.165) is 24.2 Å². The van der Waals surface area contributed by atoms with Gasteiger partial charge in [0.2, 0.25) is 5.85 Å². The van der Waals surface area contributed by atoms with Gasteiger partial charge in [0.25, 0.3) is 0 Å². The van der Waals surface area contributed by atoms with E-state index in [1.807, 2.05) is 31.2 Å². The van der Waals surface area contributed by atoms with Crippen molar-refractivity contribution < 1.29 is 9.13 Å². The summed E-state index contributed by atoms with van der Waals surface area (Å²) < 4.78 is 19.4. The summed E-state index contributed by atoms with van der Waals surface area (Å²) in [7, 11) is 0. The Kier molecular flexibility index (Phi) is 2.44. The van der Waals surface area contributed by atoms with Gasteiger partial charge >= 0.3 is 0 Å². The molecule has 0 N–H and O–H groups in total. The quantitative estimate of drug-likeness (QED) is 0.700. The van der Waals surface area contributed by atoms with Crippen LogP contribution in [0, 0.1) is 0 Å². The van der Waals surface area contributed by atoms with Gasteiger partial charge in [-0.1, -0.05) is 25.1 Å². The van der Waals surface area contributed by atoms with Crippen molar-refractivity contribution in [2.24, 2.45) is 0 Å². The zero-order valence-corrected chi connectivity index (χ0v) is 8.42. The number of benzene rings is 1. The summed E-state index contributed by atoms with van der Waals surface area (Å²) in [5.41, 5.74) is 1.12. The largest absolute Gasteiger partial charge is 0.458 e. The van der Waals surface area contributed by atoms with E-state index in [1.54, 1.807) is 0 Å². The van der Waals surface area contributed by atoms with Crippen LogP contribution in [0.5, 0.6) is 5.75 Å². The SMILES string of the molecule is CCCC1(F)CCc2ccccc2O1. The number of aryl methyl sites for hydroxylation is 1. The molecular weight excluding hydrogens is 179 g/mol. The van der Waals surface area contributed by atoms with Crippen molar-refractivity contribution in [3.8, 4) is 5.75 Å². The van der Waals surface area contributed by atoms with Gasteiger partial charge in [-0.15, -0.1) is 0 Å². The van der Waals surface area contributed by atoms with Gasteiger partial charge in [-0.25, -0.2) is 0 Å². The van der Waals surface area contributed by atoms with Crippen molar-refractivity contribution in [1.29, 1.82) is 0 Å². The summed E-state index contributed by atoms with van der Waals surface area (Å²) in [6.07, 6.45) is 2.57. The van der Waals surface area contributed by atoms with Gasteiger partial charge in [-0.3, -0.25) is 0 Å². The number of fused-ring (bicyclic) bond motifs is 1.